The molecule has 0 radical (unpaired) electrons. The molecule has 0 heterocycles. The largest absolute Gasteiger partial charge is 0.389 e. The molecule has 0 bridgehead atoms. The Labute approximate surface area is 119 Å². The van der Waals surface area contributed by atoms with Gasteiger partial charge in [0.2, 0.25) is 0 Å². The van der Waals surface area contributed by atoms with Gasteiger partial charge in [-0.3, -0.25) is 0 Å². The fraction of sp³-hybridized carbons (Fsp3) is 0.600. The summed E-state index contributed by atoms with van der Waals surface area (Å²) in [4.78, 5) is 0. The first-order chi connectivity index (χ1) is 9.02. The van der Waals surface area contributed by atoms with Crippen LogP contribution in [0.3, 0.4) is 0 Å². The molecule has 3 nitrogen and oxygen atoms in total. The normalized spacial score (nSPS) is 21.2. The van der Waals surface area contributed by atoms with Crippen LogP contribution in [0.2, 0.25) is 5.02 Å². The predicted molar refractivity (Wildman–Crippen MR) is 77.6 cm³/mol. The zero-order chi connectivity index (χ0) is 13.9. The quantitative estimate of drug-likeness (QED) is 0.843. The minimum absolute atomic E-state index is 0.321. The molecule has 106 valence electrons. The maximum atomic E-state index is 10.2. The van der Waals surface area contributed by atoms with Crippen molar-refractivity contribution in [1.29, 1.82) is 0 Å². The third-order valence-corrected chi connectivity index (χ3v) is 3.99. The summed E-state index contributed by atoms with van der Waals surface area (Å²) in [6.45, 7) is 2.99. The van der Waals surface area contributed by atoms with E-state index >= 15 is 0 Å². The summed E-state index contributed by atoms with van der Waals surface area (Å²) in [6.07, 6.45) is 2.75. The molecule has 2 unspecified atom stereocenters. The summed E-state index contributed by atoms with van der Waals surface area (Å²) in [5.41, 5.74) is 1.90. The molecule has 0 aliphatic heterocycles. The monoisotopic (exact) mass is 283 g/mol. The third-order valence-electron chi connectivity index (χ3n) is 3.76. The van der Waals surface area contributed by atoms with Crippen LogP contribution in [0.15, 0.2) is 18.2 Å². The van der Waals surface area contributed by atoms with Gasteiger partial charge in [-0.05, 0) is 43.0 Å². The van der Waals surface area contributed by atoms with Crippen LogP contribution in [0.5, 0.6) is 0 Å². The summed E-state index contributed by atoms with van der Waals surface area (Å²) in [5.74, 6) is 0. The lowest BCUT2D eigenvalue weighted by Gasteiger charge is -2.26. The highest BCUT2D eigenvalue weighted by Gasteiger charge is 2.26. The van der Waals surface area contributed by atoms with E-state index in [2.05, 4.69) is 11.4 Å². The predicted octanol–water partition coefficient (Wildman–Crippen LogP) is 2.70. The average molecular weight is 284 g/mol. The van der Waals surface area contributed by atoms with E-state index in [1.165, 1.54) is 11.1 Å². The Kier molecular flexibility index (Phi) is 4.85. The Hall–Kier alpha value is -0.610. The van der Waals surface area contributed by atoms with Crippen LogP contribution in [-0.4, -0.2) is 31.0 Å². The summed E-state index contributed by atoms with van der Waals surface area (Å²) < 4.78 is 5.02. The van der Waals surface area contributed by atoms with Crippen LogP contribution in [-0.2, 0) is 11.2 Å². The van der Waals surface area contributed by atoms with Crippen molar-refractivity contribution in [3.63, 3.8) is 0 Å². The van der Waals surface area contributed by atoms with E-state index in [0.717, 1.165) is 17.9 Å². The van der Waals surface area contributed by atoms with Crippen LogP contribution in [0.1, 0.15) is 36.9 Å². The Morgan fingerprint density at radius 1 is 1.53 bits per heavy atom. The number of hydrogen-bond donors (Lipinski definition) is 2. The fourth-order valence-corrected chi connectivity index (χ4v) is 2.75. The average Bonchev–Trinajstić information content (AvgIpc) is 2.76. The van der Waals surface area contributed by atoms with Gasteiger partial charge < -0.3 is 15.2 Å². The van der Waals surface area contributed by atoms with Crippen LogP contribution in [0.25, 0.3) is 0 Å². The van der Waals surface area contributed by atoms with Gasteiger partial charge in [0, 0.05) is 37.7 Å². The van der Waals surface area contributed by atoms with Gasteiger partial charge in [0.25, 0.3) is 0 Å². The first-order valence-electron chi connectivity index (χ1n) is 6.75. The molecule has 2 rings (SSSR count). The van der Waals surface area contributed by atoms with Gasteiger partial charge in [-0.2, -0.15) is 0 Å². The fourth-order valence-electron chi connectivity index (χ4n) is 2.55. The molecule has 1 aromatic rings. The molecule has 0 spiro atoms. The smallest absolute Gasteiger partial charge is 0.0765 e. The van der Waals surface area contributed by atoms with Gasteiger partial charge in [0.15, 0.2) is 0 Å². The summed E-state index contributed by atoms with van der Waals surface area (Å²) in [6, 6.07) is 6.39. The van der Waals surface area contributed by atoms with Crippen LogP contribution >= 0.6 is 11.6 Å². The topological polar surface area (TPSA) is 41.5 Å². The van der Waals surface area contributed by atoms with Crippen LogP contribution in [0.4, 0.5) is 0 Å². The number of ether oxygens (including phenoxy) is 1. The van der Waals surface area contributed by atoms with Crippen molar-refractivity contribution in [3.8, 4) is 0 Å². The number of rotatable bonds is 6. The van der Waals surface area contributed by atoms with E-state index in [-0.39, 0.29) is 0 Å². The lowest BCUT2D eigenvalue weighted by Crippen LogP contribution is -2.39. The highest BCUT2D eigenvalue weighted by Crippen LogP contribution is 2.33. The molecule has 0 amide bonds. The van der Waals surface area contributed by atoms with Crippen molar-refractivity contribution in [2.45, 2.75) is 37.8 Å². The van der Waals surface area contributed by atoms with Crippen molar-refractivity contribution in [1.82, 2.24) is 5.32 Å². The molecular weight excluding hydrogens is 262 g/mol. The van der Waals surface area contributed by atoms with E-state index in [0.29, 0.717) is 25.6 Å². The number of benzene rings is 1. The molecule has 4 heteroatoms. The Morgan fingerprint density at radius 3 is 3.05 bits per heavy atom. The maximum absolute atomic E-state index is 10.2. The van der Waals surface area contributed by atoms with Gasteiger partial charge in [0.1, 0.15) is 0 Å². The minimum Gasteiger partial charge on any atom is -0.389 e. The van der Waals surface area contributed by atoms with Crippen molar-refractivity contribution in [2.75, 3.05) is 20.3 Å². The SMILES string of the molecule is COCCC(C)(O)CNC1CCc2cc(Cl)ccc21. The summed E-state index contributed by atoms with van der Waals surface area (Å²) in [5, 5.41) is 14.5. The van der Waals surface area contributed by atoms with Crippen LogP contribution in [0, 0.1) is 0 Å². The molecule has 0 fully saturated rings. The van der Waals surface area contributed by atoms with Crippen molar-refractivity contribution >= 4 is 11.6 Å². The Bertz CT molecular complexity index is 434. The zero-order valence-electron chi connectivity index (χ0n) is 11.6. The molecule has 1 aliphatic carbocycles. The molecule has 0 saturated heterocycles. The number of hydrogen-bond acceptors (Lipinski definition) is 3. The van der Waals surface area contributed by atoms with E-state index in [1.807, 2.05) is 19.1 Å². The second kappa shape index (κ2) is 6.23. The highest BCUT2D eigenvalue weighted by atomic mass is 35.5. The number of aliphatic hydroxyl groups is 1. The molecule has 2 N–H and O–H groups in total. The second-order valence-electron chi connectivity index (χ2n) is 5.56. The molecule has 0 saturated carbocycles. The van der Waals surface area contributed by atoms with Gasteiger partial charge in [-0.1, -0.05) is 17.7 Å². The van der Waals surface area contributed by atoms with E-state index in [1.54, 1.807) is 7.11 Å². The van der Waals surface area contributed by atoms with Gasteiger partial charge >= 0.3 is 0 Å². The van der Waals surface area contributed by atoms with Crippen molar-refractivity contribution in [2.24, 2.45) is 0 Å². The maximum Gasteiger partial charge on any atom is 0.0765 e. The molecular formula is C15H22ClNO2. The third kappa shape index (κ3) is 3.93. The van der Waals surface area contributed by atoms with E-state index in [9.17, 15) is 5.11 Å². The zero-order valence-corrected chi connectivity index (χ0v) is 12.3. The van der Waals surface area contributed by atoms with Crippen LogP contribution < -0.4 is 5.32 Å². The lowest BCUT2D eigenvalue weighted by molar-refractivity contribution is 0.0227. The standard InChI is InChI=1S/C15H22ClNO2/c1-15(18,7-8-19-2)10-17-14-6-3-11-9-12(16)4-5-13(11)14/h4-5,9,14,17-18H,3,6-8,10H2,1-2H3. The van der Waals surface area contributed by atoms with Gasteiger partial charge in [-0.15, -0.1) is 0 Å². The summed E-state index contributed by atoms with van der Waals surface area (Å²) in [7, 11) is 1.65. The Morgan fingerprint density at radius 2 is 2.32 bits per heavy atom. The van der Waals surface area contributed by atoms with Crippen molar-refractivity contribution in [3.05, 3.63) is 34.3 Å². The second-order valence-corrected chi connectivity index (χ2v) is 5.99. The number of halogens is 1. The molecule has 2 atom stereocenters. The van der Waals surface area contributed by atoms with Gasteiger partial charge in [-0.25, -0.2) is 0 Å². The highest BCUT2D eigenvalue weighted by molar-refractivity contribution is 6.30. The van der Waals surface area contributed by atoms with Crippen molar-refractivity contribution < 1.29 is 9.84 Å². The number of methoxy groups -OCH3 is 1. The minimum atomic E-state index is -0.731. The first-order valence-corrected chi connectivity index (χ1v) is 7.13. The van der Waals surface area contributed by atoms with Gasteiger partial charge in [0.05, 0.1) is 5.60 Å². The van der Waals surface area contributed by atoms with E-state index in [4.69, 9.17) is 16.3 Å². The number of aryl methyl sites for hydroxylation is 1. The first kappa shape index (κ1) is 14.8. The molecule has 1 aromatic carbocycles. The summed E-state index contributed by atoms with van der Waals surface area (Å²) >= 11 is 6.00. The Balaban J connectivity index is 1.92. The number of nitrogens with one attached hydrogen (secondary N) is 1. The molecule has 0 aromatic heterocycles. The lowest BCUT2D eigenvalue weighted by atomic mass is 10.0. The molecule has 19 heavy (non-hydrogen) atoms. The molecule has 1 aliphatic rings. The number of fused-ring (bicyclic) bond motifs is 1. The van der Waals surface area contributed by atoms with E-state index < -0.39 is 5.60 Å².